The van der Waals surface area contributed by atoms with Gasteiger partial charge in [0.1, 0.15) is 0 Å². The predicted molar refractivity (Wildman–Crippen MR) is 70.1 cm³/mol. The van der Waals surface area contributed by atoms with Gasteiger partial charge >= 0.3 is 5.69 Å². The third-order valence-corrected chi connectivity index (χ3v) is 2.95. The van der Waals surface area contributed by atoms with Crippen molar-refractivity contribution in [2.45, 2.75) is 31.3 Å². The summed E-state index contributed by atoms with van der Waals surface area (Å²) in [6.45, 7) is 6.45. The number of hydrogen-bond donors (Lipinski definition) is 2. The second kappa shape index (κ2) is 4.07. The van der Waals surface area contributed by atoms with Crippen LogP contribution in [-0.4, -0.2) is 14.8 Å². The maximum atomic E-state index is 11.5. The van der Waals surface area contributed by atoms with Gasteiger partial charge in [0.25, 0.3) is 0 Å². The molecule has 5 heteroatoms. The Bertz CT molecular complexity index is 575. The lowest BCUT2D eigenvalue weighted by Crippen LogP contribution is -2.16. The van der Waals surface area contributed by atoms with E-state index in [1.54, 1.807) is 0 Å². The molecule has 2 aromatic rings. The van der Waals surface area contributed by atoms with Crippen molar-refractivity contribution in [2.24, 2.45) is 0 Å². The van der Waals surface area contributed by atoms with Crippen LogP contribution >= 0.6 is 12.6 Å². The maximum Gasteiger partial charge on any atom is 0.348 e. The van der Waals surface area contributed by atoms with Crippen LogP contribution in [0.1, 0.15) is 26.3 Å². The Labute approximate surface area is 105 Å². The third kappa shape index (κ3) is 2.29. The first-order valence-corrected chi connectivity index (χ1v) is 5.81. The normalized spacial score (nSPS) is 11.8. The maximum absolute atomic E-state index is 11.5. The summed E-state index contributed by atoms with van der Waals surface area (Å²) >= 11 is 4.13. The Hall–Kier alpha value is -1.49. The number of benzene rings is 1. The van der Waals surface area contributed by atoms with Crippen LogP contribution in [0.25, 0.3) is 5.69 Å². The molecular formula is C12H15N3OS. The number of aromatic amines is 1. The van der Waals surface area contributed by atoms with Gasteiger partial charge in [-0.25, -0.2) is 14.5 Å². The van der Waals surface area contributed by atoms with E-state index in [2.05, 4.69) is 43.6 Å². The molecule has 0 atom stereocenters. The van der Waals surface area contributed by atoms with E-state index in [9.17, 15) is 4.79 Å². The van der Waals surface area contributed by atoms with Gasteiger partial charge in [0.15, 0.2) is 5.16 Å². The first-order valence-electron chi connectivity index (χ1n) is 5.37. The van der Waals surface area contributed by atoms with Crippen molar-refractivity contribution in [2.75, 3.05) is 0 Å². The van der Waals surface area contributed by atoms with Gasteiger partial charge in [-0.05, 0) is 23.1 Å². The molecule has 0 unspecified atom stereocenters. The number of thiol groups is 1. The Morgan fingerprint density at radius 1 is 1.24 bits per heavy atom. The Morgan fingerprint density at radius 2 is 1.82 bits per heavy atom. The van der Waals surface area contributed by atoms with Gasteiger partial charge < -0.3 is 0 Å². The molecule has 1 N–H and O–H groups in total. The summed E-state index contributed by atoms with van der Waals surface area (Å²) in [5, 5.41) is 6.47. The molecule has 1 aromatic heterocycles. The number of hydrogen-bond acceptors (Lipinski definition) is 3. The predicted octanol–water partition coefficient (Wildman–Crippen LogP) is 2.15. The fourth-order valence-electron chi connectivity index (χ4n) is 1.63. The number of rotatable bonds is 1. The Kier molecular flexibility index (Phi) is 2.87. The number of nitrogens with one attached hydrogen (secondary N) is 1. The monoisotopic (exact) mass is 249 g/mol. The van der Waals surface area contributed by atoms with Crippen LogP contribution in [0.4, 0.5) is 0 Å². The van der Waals surface area contributed by atoms with E-state index < -0.39 is 0 Å². The van der Waals surface area contributed by atoms with E-state index in [1.165, 1.54) is 10.1 Å². The molecule has 0 amide bonds. The van der Waals surface area contributed by atoms with E-state index in [0.717, 1.165) is 5.69 Å². The van der Waals surface area contributed by atoms with Crippen molar-refractivity contribution in [1.82, 2.24) is 14.8 Å². The molecule has 90 valence electrons. The zero-order chi connectivity index (χ0) is 12.6. The highest BCUT2D eigenvalue weighted by Gasteiger charge is 2.14. The quantitative estimate of drug-likeness (QED) is 0.761. The molecule has 0 bridgehead atoms. The zero-order valence-electron chi connectivity index (χ0n) is 10.1. The van der Waals surface area contributed by atoms with Crippen LogP contribution in [0.15, 0.2) is 34.2 Å². The van der Waals surface area contributed by atoms with Crippen molar-refractivity contribution in [1.29, 1.82) is 0 Å². The van der Waals surface area contributed by atoms with Gasteiger partial charge in [-0.3, -0.25) is 0 Å². The van der Waals surface area contributed by atoms with Gasteiger partial charge in [0.2, 0.25) is 0 Å². The molecule has 0 saturated carbocycles. The van der Waals surface area contributed by atoms with Crippen LogP contribution in [0.2, 0.25) is 0 Å². The van der Waals surface area contributed by atoms with Crippen LogP contribution in [0.5, 0.6) is 0 Å². The largest absolute Gasteiger partial charge is 0.348 e. The highest BCUT2D eigenvalue weighted by atomic mass is 32.1. The molecule has 4 nitrogen and oxygen atoms in total. The van der Waals surface area contributed by atoms with Crippen LogP contribution in [0.3, 0.4) is 0 Å². The van der Waals surface area contributed by atoms with Gasteiger partial charge in [-0.15, -0.1) is 17.7 Å². The molecule has 0 fully saturated rings. The van der Waals surface area contributed by atoms with Gasteiger partial charge in [-0.2, -0.15) is 0 Å². The highest BCUT2D eigenvalue weighted by molar-refractivity contribution is 7.80. The minimum absolute atomic E-state index is 0.101. The number of aromatic nitrogens is 3. The SMILES string of the molecule is CC(C)(C)c1ccc(-n2c(S)n[nH]c2=O)cc1. The summed E-state index contributed by atoms with van der Waals surface area (Å²) in [4.78, 5) is 11.5. The molecule has 1 aromatic carbocycles. The van der Waals surface area contributed by atoms with E-state index in [1.807, 2.05) is 24.3 Å². The first kappa shape index (κ1) is 12.0. The minimum Gasteiger partial charge on any atom is -0.246 e. The number of nitrogens with zero attached hydrogens (tertiary/aromatic N) is 2. The Morgan fingerprint density at radius 3 is 2.24 bits per heavy atom. The molecule has 0 aliphatic rings. The molecule has 0 aliphatic carbocycles. The fraction of sp³-hybridized carbons (Fsp3) is 0.333. The topological polar surface area (TPSA) is 50.7 Å². The van der Waals surface area contributed by atoms with Crippen LogP contribution < -0.4 is 5.69 Å². The van der Waals surface area contributed by atoms with Crippen molar-refractivity contribution < 1.29 is 0 Å². The average Bonchev–Trinajstić information content (AvgIpc) is 2.58. The summed E-state index contributed by atoms with van der Waals surface area (Å²) in [7, 11) is 0. The van der Waals surface area contributed by atoms with E-state index in [-0.39, 0.29) is 11.1 Å². The molecule has 2 rings (SSSR count). The molecular weight excluding hydrogens is 234 g/mol. The summed E-state index contributed by atoms with van der Waals surface area (Å²) in [6.07, 6.45) is 0. The number of H-pyrrole nitrogens is 1. The fourth-order valence-corrected chi connectivity index (χ4v) is 1.89. The minimum atomic E-state index is -0.279. The standard InChI is InChI=1S/C12H15N3OS/c1-12(2,3)8-4-6-9(7-5-8)15-10(16)13-14-11(15)17/h4-7H,1-3H3,(H,13,16)(H,14,17). The van der Waals surface area contributed by atoms with Crippen molar-refractivity contribution in [3.8, 4) is 5.69 Å². The summed E-state index contributed by atoms with van der Waals surface area (Å²) in [5.41, 5.74) is 1.81. The van der Waals surface area contributed by atoms with Gasteiger partial charge in [0.05, 0.1) is 5.69 Å². The molecule has 17 heavy (non-hydrogen) atoms. The van der Waals surface area contributed by atoms with E-state index >= 15 is 0 Å². The average molecular weight is 249 g/mol. The smallest absolute Gasteiger partial charge is 0.246 e. The van der Waals surface area contributed by atoms with E-state index in [0.29, 0.717) is 5.16 Å². The van der Waals surface area contributed by atoms with Crippen molar-refractivity contribution >= 4 is 12.6 Å². The van der Waals surface area contributed by atoms with Crippen LogP contribution in [-0.2, 0) is 5.41 Å². The second-order valence-electron chi connectivity index (χ2n) is 4.96. The van der Waals surface area contributed by atoms with E-state index in [4.69, 9.17) is 0 Å². The third-order valence-electron chi connectivity index (χ3n) is 2.65. The van der Waals surface area contributed by atoms with Gasteiger partial charge in [-0.1, -0.05) is 32.9 Å². The highest BCUT2D eigenvalue weighted by Crippen LogP contribution is 2.23. The summed E-state index contributed by atoms with van der Waals surface area (Å²) < 4.78 is 1.43. The molecule has 1 heterocycles. The van der Waals surface area contributed by atoms with Gasteiger partial charge in [0, 0.05) is 0 Å². The lowest BCUT2D eigenvalue weighted by molar-refractivity contribution is 0.590. The molecule has 0 saturated heterocycles. The molecule has 0 spiro atoms. The van der Waals surface area contributed by atoms with Crippen LogP contribution in [0, 0.1) is 0 Å². The van der Waals surface area contributed by atoms with Crippen molar-refractivity contribution in [3.63, 3.8) is 0 Å². The first-order chi connectivity index (χ1) is 7.89. The summed E-state index contributed by atoms with van der Waals surface area (Å²) in [6, 6.07) is 7.83. The molecule has 0 radical (unpaired) electrons. The lowest BCUT2D eigenvalue weighted by atomic mass is 9.87. The zero-order valence-corrected chi connectivity index (χ0v) is 11.0. The Balaban J connectivity index is 2.47. The molecule has 0 aliphatic heterocycles. The van der Waals surface area contributed by atoms with Crippen molar-refractivity contribution in [3.05, 3.63) is 40.3 Å². The second-order valence-corrected chi connectivity index (χ2v) is 5.36. The lowest BCUT2D eigenvalue weighted by Gasteiger charge is -2.19. The summed E-state index contributed by atoms with van der Waals surface area (Å²) in [5.74, 6) is 0.